The Morgan fingerprint density at radius 2 is 1.80 bits per heavy atom. The number of rotatable bonds is 6. The summed E-state index contributed by atoms with van der Waals surface area (Å²) in [6, 6.07) is 17.5. The van der Waals surface area contributed by atoms with Crippen molar-refractivity contribution in [3.05, 3.63) is 65.7 Å². The zero-order valence-electron chi connectivity index (χ0n) is 14.2. The summed E-state index contributed by atoms with van der Waals surface area (Å²) in [5.41, 5.74) is 2.73. The Morgan fingerprint density at radius 3 is 2.44 bits per heavy atom. The molecule has 0 radical (unpaired) electrons. The smallest absolute Gasteiger partial charge is 0.337 e. The fourth-order valence-electron chi connectivity index (χ4n) is 2.48. The lowest BCUT2D eigenvalue weighted by molar-refractivity contribution is 0.0600. The van der Waals surface area contributed by atoms with E-state index >= 15 is 0 Å². The molecule has 0 aliphatic rings. The normalized spacial score (nSPS) is 10.6. The highest BCUT2D eigenvalue weighted by atomic mass is 32.2. The molecule has 0 saturated heterocycles. The van der Waals surface area contributed by atoms with Crippen molar-refractivity contribution in [2.45, 2.75) is 24.4 Å². The van der Waals surface area contributed by atoms with Crippen molar-refractivity contribution in [3.63, 3.8) is 0 Å². The maximum Gasteiger partial charge on any atom is 0.337 e. The largest absolute Gasteiger partial charge is 0.465 e. The number of carbonyl (C=O) groups is 1. The summed E-state index contributed by atoms with van der Waals surface area (Å²) in [7, 11) is 1.38. The molecule has 0 atom stereocenters. The number of nitrogens with zero attached hydrogens (tertiary/aromatic N) is 3. The minimum Gasteiger partial charge on any atom is -0.465 e. The second kappa shape index (κ2) is 7.98. The van der Waals surface area contributed by atoms with Crippen LogP contribution in [0.5, 0.6) is 0 Å². The first-order valence-corrected chi connectivity index (χ1v) is 9.00. The van der Waals surface area contributed by atoms with Crippen LogP contribution in [0.25, 0.3) is 11.4 Å². The van der Waals surface area contributed by atoms with E-state index in [1.165, 1.54) is 7.11 Å². The third-order valence-electron chi connectivity index (χ3n) is 3.81. The van der Waals surface area contributed by atoms with Crippen LogP contribution in [0.4, 0.5) is 0 Å². The molecule has 25 heavy (non-hydrogen) atoms. The zero-order chi connectivity index (χ0) is 17.6. The highest BCUT2D eigenvalue weighted by Crippen LogP contribution is 2.26. The fourth-order valence-corrected chi connectivity index (χ4v) is 3.44. The molecular weight excluding hydrogens is 334 g/mol. The first-order chi connectivity index (χ1) is 12.2. The lowest BCUT2D eigenvalue weighted by atomic mass is 10.1. The number of esters is 1. The Bertz CT molecular complexity index is 845. The number of carbonyl (C=O) groups excluding carboxylic acids is 1. The van der Waals surface area contributed by atoms with E-state index in [0.717, 1.165) is 34.4 Å². The van der Waals surface area contributed by atoms with Gasteiger partial charge in [-0.3, -0.25) is 0 Å². The van der Waals surface area contributed by atoms with Gasteiger partial charge in [0.2, 0.25) is 0 Å². The summed E-state index contributed by atoms with van der Waals surface area (Å²) in [5, 5.41) is 9.58. The maximum absolute atomic E-state index is 11.5. The minimum absolute atomic E-state index is 0.322. The third-order valence-corrected chi connectivity index (χ3v) is 4.85. The van der Waals surface area contributed by atoms with Gasteiger partial charge in [0.25, 0.3) is 0 Å². The molecule has 1 aromatic heterocycles. The molecule has 5 nitrogen and oxygen atoms in total. The summed E-state index contributed by atoms with van der Waals surface area (Å²) in [6.45, 7) is 2.89. The van der Waals surface area contributed by atoms with Crippen LogP contribution in [0.2, 0.25) is 0 Å². The predicted octanol–water partition coefficient (Wildman–Crippen LogP) is 4.04. The molecule has 0 fully saturated rings. The first-order valence-electron chi connectivity index (χ1n) is 8.01. The molecule has 6 heteroatoms. The average molecular weight is 353 g/mol. The van der Waals surface area contributed by atoms with Gasteiger partial charge in [-0.15, -0.1) is 10.2 Å². The van der Waals surface area contributed by atoms with Crippen LogP contribution >= 0.6 is 11.8 Å². The molecule has 0 spiro atoms. The Labute approximate surface area is 151 Å². The maximum atomic E-state index is 11.5. The lowest BCUT2D eigenvalue weighted by Crippen LogP contribution is -2.01. The Morgan fingerprint density at radius 1 is 1.08 bits per heavy atom. The van der Waals surface area contributed by atoms with Crippen LogP contribution in [-0.2, 0) is 17.0 Å². The van der Waals surface area contributed by atoms with E-state index in [1.54, 1.807) is 23.9 Å². The highest BCUT2D eigenvalue weighted by molar-refractivity contribution is 7.98. The molecule has 0 aliphatic heterocycles. The molecule has 3 rings (SSSR count). The molecule has 0 aliphatic carbocycles. The van der Waals surface area contributed by atoms with Crippen LogP contribution in [0.3, 0.4) is 0 Å². The van der Waals surface area contributed by atoms with Gasteiger partial charge in [0, 0.05) is 17.9 Å². The Hall–Kier alpha value is -2.60. The number of thioether (sulfide) groups is 1. The number of hydrogen-bond donors (Lipinski definition) is 0. The van der Waals surface area contributed by atoms with E-state index in [9.17, 15) is 4.79 Å². The van der Waals surface area contributed by atoms with E-state index in [4.69, 9.17) is 4.74 Å². The number of hydrogen-bond acceptors (Lipinski definition) is 5. The van der Waals surface area contributed by atoms with Crippen molar-refractivity contribution < 1.29 is 9.53 Å². The molecule has 128 valence electrons. The van der Waals surface area contributed by atoms with Gasteiger partial charge >= 0.3 is 5.97 Å². The number of benzene rings is 2. The van der Waals surface area contributed by atoms with E-state index in [2.05, 4.69) is 21.7 Å². The number of aromatic nitrogens is 3. The zero-order valence-corrected chi connectivity index (χ0v) is 15.0. The van der Waals surface area contributed by atoms with Crippen molar-refractivity contribution in [2.24, 2.45) is 0 Å². The predicted molar refractivity (Wildman–Crippen MR) is 98.5 cm³/mol. The summed E-state index contributed by atoms with van der Waals surface area (Å²) >= 11 is 1.63. The average Bonchev–Trinajstić information content (AvgIpc) is 3.09. The lowest BCUT2D eigenvalue weighted by Gasteiger charge is -2.07. The second-order valence-electron chi connectivity index (χ2n) is 5.39. The molecule has 0 unspecified atom stereocenters. The van der Waals surface area contributed by atoms with Crippen LogP contribution in [0.1, 0.15) is 22.8 Å². The van der Waals surface area contributed by atoms with Gasteiger partial charge in [-0.1, -0.05) is 54.2 Å². The quantitative estimate of drug-likeness (QED) is 0.494. The SMILES string of the molecule is CCn1c(SCc2ccc(C(=O)OC)cc2)nnc1-c1ccccc1. The van der Waals surface area contributed by atoms with Gasteiger partial charge in [0.1, 0.15) is 0 Å². The van der Waals surface area contributed by atoms with E-state index in [1.807, 2.05) is 42.5 Å². The minimum atomic E-state index is -0.322. The molecular formula is C19H19N3O2S. The van der Waals surface area contributed by atoms with Crippen molar-refractivity contribution in [1.29, 1.82) is 0 Å². The van der Waals surface area contributed by atoms with Crippen molar-refractivity contribution in [1.82, 2.24) is 14.8 Å². The van der Waals surface area contributed by atoms with E-state index in [-0.39, 0.29) is 5.97 Å². The third kappa shape index (κ3) is 3.91. The number of ether oxygens (including phenoxy) is 1. The summed E-state index contributed by atoms with van der Waals surface area (Å²) in [4.78, 5) is 11.5. The van der Waals surface area contributed by atoms with Gasteiger partial charge in [0.15, 0.2) is 11.0 Å². The molecule has 0 saturated carbocycles. The Balaban J connectivity index is 1.73. The molecule has 0 bridgehead atoms. The molecule has 1 heterocycles. The van der Waals surface area contributed by atoms with Crippen LogP contribution < -0.4 is 0 Å². The first kappa shape index (κ1) is 17.2. The van der Waals surface area contributed by atoms with Gasteiger partial charge in [-0.25, -0.2) is 4.79 Å². The number of methoxy groups -OCH3 is 1. The van der Waals surface area contributed by atoms with Crippen molar-refractivity contribution >= 4 is 17.7 Å². The van der Waals surface area contributed by atoms with Crippen LogP contribution in [0.15, 0.2) is 59.8 Å². The monoisotopic (exact) mass is 353 g/mol. The molecule has 0 amide bonds. The second-order valence-corrected chi connectivity index (χ2v) is 6.34. The standard InChI is InChI=1S/C19H19N3O2S/c1-3-22-17(15-7-5-4-6-8-15)20-21-19(22)25-13-14-9-11-16(12-10-14)18(23)24-2/h4-12H,3,13H2,1-2H3. The molecule has 0 N–H and O–H groups in total. The van der Waals surface area contributed by atoms with Gasteiger partial charge < -0.3 is 9.30 Å². The van der Waals surface area contributed by atoms with Crippen LogP contribution in [0, 0.1) is 0 Å². The van der Waals surface area contributed by atoms with Gasteiger partial charge in [0.05, 0.1) is 12.7 Å². The van der Waals surface area contributed by atoms with E-state index < -0.39 is 0 Å². The van der Waals surface area contributed by atoms with E-state index in [0.29, 0.717) is 5.56 Å². The Kier molecular flexibility index (Phi) is 5.50. The van der Waals surface area contributed by atoms with Gasteiger partial charge in [-0.2, -0.15) is 0 Å². The topological polar surface area (TPSA) is 57.0 Å². The van der Waals surface area contributed by atoms with Crippen molar-refractivity contribution in [2.75, 3.05) is 7.11 Å². The van der Waals surface area contributed by atoms with Crippen LogP contribution in [-0.4, -0.2) is 27.8 Å². The summed E-state index contributed by atoms with van der Waals surface area (Å²) < 4.78 is 6.83. The molecule has 2 aromatic carbocycles. The summed E-state index contributed by atoms with van der Waals surface area (Å²) in [5.74, 6) is 1.32. The van der Waals surface area contributed by atoms with Gasteiger partial charge in [-0.05, 0) is 24.6 Å². The fraction of sp³-hybridized carbons (Fsp3) is 0.211. The molecule has 3 aromatic rings. The van der Waals surface area contributed by atoms with Crippen molar-refractivity contribution in [3.8, 4) is 11.4 Å². The summed E-state index contributed by atoms with van der Waals surface area (Å²) in [6.07, 6.45) is 0. The highest BCUT2D eigenvalue weighted by Gasteiger charge is 2.13.